The van der Waals surface area contributed by atoms with Gasteiger partial charge in [0, 0.05) is 6.54 Å². The van der Waals surface area contributed by atoms with E-state index in [1.165, 1.54) is 0 Å². The lowest BCUT2D eigenvalue weighted by Crippen LogP contribution is -2.41. The standard InChI is InChI=1S/C19H24N2O3.ClH/c1-3-24-18-12-15(9-10-17(18)23-2)13-21-19(22)16(20)11-14-7-5-4-6-8-14;/h4-10,12,16H,3,11,13,20H2,1-2H3,(H,21,22);1H/t16-;/m0./s1. The number of hydrogen-bond acceptors (Lipinski definition) is 4. The maximum Gasteiger partial charge on any atom is 0.237 e. The van der Waals surface area contributed by atoms with E-state index < -0.39 is 6.04 Å². The number of carbonyl (C=O) groups excluding carboxylic acids is 1. The van der Waals surface area contributed by atoms with E-state index in [9.17, 15) is 4.79 Å². The molecule has 1 amide bonds. The summed E-state index contributed by atoms with van der Waals surface area (Å²) in [6, 6.07) is 14.8. The van der Waals surface area contributed by atoms with Crippen LogP contribution in [0.25, 0.3) is 0 Å². The highest BCUT2D eigenvalue weighted by atomic mass is 35.5. The zero-order chi connectivity index (χ0) is 17.4. The van der Waals surface area contributed by atoms with E-state index in [0.717, 1.165) is 11.1 Å². The number of carbonyl (C=O) groups is 1. The first-order valence-corrected chi connectivity index (χ1v) is 8.01. The van der Waals surface area contributed by atoms with Crippen molar-refractivity contribution < 1.29 is 14.3 Å². The highest BCUT2D eigenvalue weighted by molar-refractivity contribution is 5.85. The zero-order valence-corrected chi connectivity index (χ0v) is 15.3. The van der Waals surface area contributed by atoms with Gasteiger partial charge in [0.05, 0.1) is 19.8 Å². The third kappa shape index (κ3) is 6.29. The zero-order valence-electron chi connectivity index (χ0n) is 14.5. The number of amides is 1. The molecular weight excluding hydrogens is 340 g/mol. The molecule has 0 saturated carbocycles. The van der Waals surface area contributed by atoms with Gasteiger partial charge in [-0.15, -0.1) is 12.4 Å². The molecule has 0 fully saturated rings. The van der Waals surface area contributed by atoms with Gasteiger partial charge in [0.15, 0.2) is 11.5 Å². The third-order valence-electron chi connectivity index (χ3n) is 3.63. The molecule has 0 aliphatic rings. The molecular formula is C19H25ClN2O3. The van der Waals surface area contributed by atoms with Gasteiger partial charge in [-0.25, -0.2) is 0 Å². The van der Waals surface area contributed by atoms with Crippen LogP contribution in [0.2, 0.25) is 0 Å². The summed E-state index contributed by atoms with van der Waals surface area (Å²) in [5.41, 5.74) is 7.95. The van der Waals surface area contributed by atoms with E-state index in [1.54, 1.807) is 7.11 Å². The maximum absolute atomic E-state index is 12.2. The van der Waals surface area contributed by atoms with Crippen molar-refractivity contribution in [2.24, 2.45) is 5.73 Å². The maximum atomic E-state index is 12.2. The first-order valence-electron chi connectivity index (χ1n) is 8.01. The van der Waals surface area contributed by atoms with Gasteiger partial charge in [0.1, 0.15) is 0 Å². The Labute approximate surface area is 154 Å². The van der Waals surface area contributed by atoms with Gasteiger partial charge in [-0.1, -0.05) is 36.4 Å². The average molecular weight is 365 g/mol. The molecule has 1 atom stereocenters. The van der Waals surface area contributed by atoms with Gasteiger partial charge in [-0.2, -0.15) is 0 Å². The van der Waals surface area contributed by atoms with E-state index in [-0.39, 0.29) is 18.3 Å². The molecule has 0 heterocycles. The van der Waals surface area contributed by atoms with Gasteiger partial charge < -0.3 is 20.5 Å². The number of rotatable bonds is 8. The second kappa shape index (κ2) is 10.6. The van der Waals surface area contributed by atoms with E-state index in [1.807, 2.05) is 55.5 Å². The largest absolute Gasteiger partial charge is 0.493 e. The quantitative estimate of drug-likeness (QED) is 0.755. The highest BCUT2D eigenvalue weighted by Crippen LogP contribution is 2.27. The minimum Gasteiger partial charge on any atom is -0.493 e. The molecule has 136 valence electrons. The summed E-state index contributed by atoms with van der Waals surface area (Å²) in [6.45, 7) is 2.86. The van der Waals surface area contributed by atoms with Crippen LogP contribution >= 0.6 is 12.4 Å². The van der Waals surface area contributed by atoms with Crippen LogP contribution in [0.15, 0.2) is 48.5 Å². The fraction of sp³-hybridized carbons (Fsp3) is 0.316. The molecule has 0 spiro atoms. The summed E-state index contributed by atoms with van der Waals surface area (Å²) in [4.78, 5) is 12.2. The second-order valence-electron chi connectivity index (χ2n) is 5.43. The molecule has 5 nitrogen and oxygen atoms in total. The molecule has 2 aromatic carbocycles. The van der Waals surface area contributed by atoms with Gasteiger partial charge >= 0.3 is 0 Å². The highest BCUT2D eigenvalue weighted by Gasteiger charge is 2.14. The van der Waals surface area contributed by atoms with Gasteiger partial charge in [-0.05, 0) is 36.6 Å². The average Bonchev–Trinajstić information content (AvgIpc) is 2.61. The summed E-state index contributed by atoms with van der Waals surface area (Å²) in [7, 11) is 1.60. The summed E-state index contributed by atoms with van der Waals surface area (Å²) in [5, 5.41) is 2.87. The summed E-state index contributed by atoms with van der Waals surface area (Å²) in [5.74, 6) is 1.17. The van der Waals surface area contributed by atoms with Crippen molar-refractivity contribution in [1.82, 2.24) is 5.32 Å². The minimum atomic E-state index is -0.572. The Balaban J connectivity index is 0.00000312. The molecule has 25 heavy (non-hydrogen) atoms. The third-order valence-corrected chi connectivity index (χ3v) is 3.63. The lowest BCUT2D eigenvalue weighted by Gasteiger charge is -2.14. The normalized spacial score (nSPS) is 11.2. The predicted molar refractivity (Wildman–Crippen MR) is 101 cm³/mol. The monoisotopic (exact) mass is 364 g/mol. The van der Waals surface area contributed by atoms with E-state index in [2.05, 4.69) is 5.32 Å². The number of methoxy groups -OCH3 is 1. The van der Waals surface area contributed by atoms with E-state index >= 15 is 0 Å². The van der Waals surface area contributed by atoms with Gasteiger partial charge in [0.25, 0.3) is 0 Å². The molecule has 0 aliphatic carbocycles. The number of halogens is 1. The lowest BCUT2D eigenvalue weighted by molar-refractivity contribution is -0.122. The van der Waals surface area contributed by atoms with Crippen molar-refractivity contribution >= 4 is 18.3 Å². The minimum absolute atomic E-state index is 0. The summed E-state index contributed by atoms with van der Waals surface area (Å²) in [6.07, 6.45) is 0.513. The molecule has 0 radical (unpaired) electrons. The van der Waals surface area contributed by atoms with Crippen LogP contribution in [0.5, 0.6) is 11.5 Å². The Kier molecular flexibility index (Phi) is 8.81. The van der Waals surface area contributed by atoms with Crippen LogP contribution in [0.3, 0.4) is 0 Å². The van der Waals surface area contributed by atoms with Gasteiger partial charge in [-0.3, -0.25) is 4.79 Å². The predicted octanol–water partition coefficient (Wildman–Crippen LogP) is 2.70. The van der Waals surface area contributed by atoms with Gasteiger partial charge in [0.2, 0.25) is 5.91 Å². The Bertz CT molecular complexity index is 665. The molecule has 2 aromatic rings. The summed E-state index contributed by atoms with van der Waals surface area (Å²) >= 11 is 0. The van der Waals surface area contributed by atoms with Crippen molar-refractivity contribution in [3.63, 3.8) is 0 Å². The summed E-state index contributed by atoms with van der Waals surface area (Å²) < 4.78 is 10.8. The van der Waals surface area contributed by atoms with Crippen molar-refractivity contribution in [2.75, 3.05) is 13.7 Å². The molecule has 0 unspecified atom stereocenters. The number of ether oxygens (including phenoxy) is 2. The van der Waals surface area contributed by atoms with Crippen LogP contribution in [-0.4, -0.2) is 25.7 Å². The molecule has 0 saturated heterocycles. The first-order chi connectivity index (χ1) is 11.6. The van der Waals surface area contributed by atoms with Crippen molar-refractivity contribution in [1.29, 1.82) is 0 Å². The number of nitrogens with two attached hydrogens (primary N) is 1. The Morgan fingerprint density at radius 3 is 2.48 bits per heavy atom. The smallest absolute Gasteiger partial charge is 0.237 e. The van der Waals surface area contributed by atoms with Crippen LogP contribution in [0, 0.1) is 0 Å². The molecule has 6 heteroatoms. The van der Waals surface area contributed by atoms with Crippen LogP contribution in [-0.2, 0) is 17.8 Å². The lowest BCUT2D eigenvalue weighted by atomic mass is 10.1. The van der Waals surface area contributed by atoms with Crippen LogP contribution in [0.1, 0.15) is 18.1 Å². The first kappa shape index (κ1) is 20.8. The Morgan fingerprint density at radius 2 is 1.84 bits per heavy atom. The van der Waals surface area contributed by atoms with E-state index in [0.29, 0.717) is 31.1 Å². The van der Waals surface area contributed by atoms with Crippen LogP contribution < -0.4 is 20.5 Å². The number of nitrogens with one attached hydrogen (secondary N) is 1. The number of hydrogen-bond donors (Lipinski definition) is 2. The molecule has 0 aliphatic heterocycles. The SMILES string of the molecule is CCOc1cc(CNC(=O)[C@@H](N)Cc2ccccc2)ccc1OC.Cl. The molecule has 0 aromatic heterocycles. The molecule has 3 N–H and O–H groups in total. The molecule has 0 bridgehead atoms. The Morgan fingerprint density at radius 1 is 1.12 bits per heavy atom. The molecule has 2 rings (SSSR count). The fourth-order valence-electron chi connectivity index (χ4n) is 2.38. The van der Waals surface area contributed by atoms with Crippen LogP contribution in [0.4, 0.5) is 0 Å². The Hall–Kier alpha value is -2.24. The topological polar surface area (TPSA) is 73.6 Å². The fourth-order valence-corrected chi connectivity index (χ4v) is 2.38. The number of benzene rings is 2. The van der Waals surface area contributed by atoms with E-state index in [4.69, 9.17) is 15.2 Å². The van der Waals surface area contributed by atoms with Crippen molar-refractivity contribution in [3.05, 3.63) is 59.7 Å². The van der Waals surface area contributed by atoms with Crippen molar-refractivity contribution in [2.45, 2.75) is 25.9 Å². The van der Waals surface area contributed by atoms with Crippen molar-refractivity contribution in [3.8, 4) is 11.5 Å². The second-order valence-corrected chi connectivity index (χ2v) is 5.43.